The second-order valence-electron chi connectivity index (χ2n) is 19.9. The third kappa shape index (κ3) is 9.94. The summed E-state index contributed by atoms with van der Waals surface area (Å²) in [6, 6.07) is 18.9. The summed E-state index contributed by atoms with van der Waals surface area (Å²) in [5.41, 5.74) is -0.976. The molecule has 5 aromatic carbocycles. The number of amides is 4. The molecule has 382 valence electrons. The fraction of sp³-hybridized carbons (Fsp3) is 0.304. The molecule has 73 heavy (non-hydrogen) atoms. The van der Waals surface area contributed by atoms with Crippen molar-refractivity contribution in [2.75, 3.05) is 54.4 Å². The number of ether oxygens (including phenoxy) is 4. The van der Waals surface area contributed by atoms with Crippen LogP contribution < -0.4 is 35.1 Å². The highest BCUT2D eigenvalue weighted by Gasteiger charge is 2.53. The number of nitrogens with zero attached hydrogens (tertiary/aromatic N) is 4. The molecule has 17 nitrogen and oxygen atoms in total. The quantitative estimate of drug-likeness (QED) is 0.0830. The number of benzene rings is 5. The normalized spacial score (nSPS) is 13.2. The Morgan fingerprint density at radius 2 is 0.973 bits per heavy atom. The Kier molecular flexibility index (Phi) is 14.1. The summed E-state index contributed by atoms with van der Waals surface area (Å²) >= 11 is 0. The van der Waals surface area contributed by atoms with Crippen molar-refractivity contribution in [1.29, 1.82) is 0 Å². The number of carbonyl (C=O) groups excluding carboxylic acids is 5. The van der Waals surface area contributed by atoms with Crippen molar-refractivity contribution in [3.63, 3.8) is 0 Å². The van der Waals surface area contributed by atoms with Crippen molar-refractivity contribution in [2.45, 2.75) is 57.0 Å². The van der Waals surface area contributed by atoms with Gasteiger partial charge in [-0.1, -0.05) is 72.2 Å². The summed E-state index contributed by atoms with van der Waals surface area (Å²) in [7, 11) is 6.20. The van der Waals surface area contributed by atoms with Gasteiger partial charge in [0.15, 0.2) is 5.60 Å². The third-order valence-corrected chi connectivity index (χ3v) is 13.5. The molecule has 7 rings (SSSR count). The Hall–Kier alpha value is -8.47. The van der Waals surface area contributed by atoms with E-state index in [1.165, 1.54) is 58.0 Å². The number of aromatic hydroxyl groups is 4. The van der Waals surface area contributed by atoms with Crippen LogP contribution in [0.4, 0.5) is 9.59 Å². The van der Waals surface area contributed by atoms with Gasteiger partial charge in [0, 0.05) is 139 Å². The smallest absolute Gasteiger partial charge is 0.415 e. The second kappa shape index (κ2) is 19.6. The molecule has 4 N–H and O–H groups in total. The first-order valence-corrected chi connectivity index (χ1v) is 23.3. The summed E-state index contributed by atoms with van der Waals surface area (Å²) in [5.74, 6) is -1.19. The highest BCUT2D eigenvalue weighted by atomic mass is 16.6. The molecule has 17 heteroatoms. The molecule has 0 bridgehead atoms. The molecule has 2 aliphatic heterocycles. The molecule has 2 heterocycles. The topological polar surface area (TPSA) is 216 Å². The van der Waals surface area contributed by atoms with Crippen LogP contribution >= 0.6 is 0 Å². The van der Waals surface area contributed by atoms with E-state index < -0.39 is 34.6 Å². The van der Waals surface area contributed by atoms with E-state index in [2.05, 4.69) is 26.3 Å². The Labute approximate surface area is 422 Å². The maximum absolute atomic E-state index is 13.5. The number of phenolic OH excluding ortho intramolecular Hbond substituents is 4. The molecule has 2 aliphatic rings. The molecule has 0 aromatic heterocycles. The van der Waals surface area contributed by atoms with E-state index in [1.807, 2.05) is 0 Å². The van der Waals surface area contributed by atoms with Gasteiger partial charge in [0.25, 0.3) is 0 Å². The number of carbonyl (C=O) groups is 5. The van der Waals surface area contributed by atoms with Gasteiger partial charge in [0.2, 0.25) is 11.8 Å². The summed E-state index contributed by atoms with van der Waals surface area (Å²) in [5, 5.41) is 43.0. The largest absolute Gasteiger partial charge is 0.507 e. The van der Waals surface area contributed by atoms with Gasteiger partial charge in [0.05, 0.1) is 5.56 Å². The van der Waals surface area contributed by atoms with Gasteiger partial charge in [0.1, 0.15) is 46.0 Å². The zero-order valence-corrected chi connectivity index (χ0v) is 42.3. The lowest BCUT2D eigenvalue weighted by Crippen LogP contribution is -2.41. The zero-order chi connectivity index (χ0) is 53.6. The zero-order valence-electron chi connectivity index (χ0n) is 42.3. The number of likely N-dealkylation sites (N-methyl/N-ethyl adjacent to an activating group) is 4. The van der Waals surface area contributed by atoms with Gasteiger partial charge >= 0.3 is 18.2 Å². The van der Waals surface area contributed by atoms with Gasteiger partial charge in [-0.2, -0.15) is 0 Å². The lowest BCUT2D eigenvalue weighted by Gasteiger charge is -2.36. The molecule has 5 aromatic rings. The number of hydrogen-bond acceptors (Lipinski definition) is 13. The fourth-order valence-electron chi connectivity index (χ4n) is 9.32. The number of hydrogen-bond donors (Lipinski definition) is 4. The Bertz CT molecular complexity index is 3130. The minimum atomic E-state index is -1.50. The molecule has 0 fully saturated rings. The van der Waals surface area contributed by atoms with Crippen LogP contribution in [0, 0.1) is 0 Å². The van der Waals surface area contributed by atoms with Crippen molar-refractivity contribution < 1.29 is 63.3 Å². The Balaban J connectivity index is 1.03. The number of fused-ring (bicyclic) bond motifs is 6. The van der Waals surface area contributed by atoms with Crippen molar-refractivity contribution >= 4 is 56.3 Å². The van der Waals surface area contributed by atoms with E-state index in [0.29, 0.717) is 33.4 Å². The first-order chi connectivity index (χ1) is 34.2. The van der Waals surface area contributed by atoms with Gasteiger partial charge in [-0.3, -0.25) is 9.59 Å². The summed E-state index contributed by atoms with van der Waals surface area (Å²) < 4.78 is 24.2. The van der Waals surface area contributed by atoms with Crippen molar-refractivity contribution in [3.8, 4) is 46.0 Å². The van der Waals surface area contributed by atoms with Crippen LogP contribution in [-0.2, 0) is 30.8 Å². The molecule has 0 radical (unpaired) electrons. The summed E-state index contributed by atoms with van der Waals surface area (Å²) in [6.07, 6.45) is -1.59. The van der Waals surface area contributed by atoms with Gasteiger partial charge in [-0.05, 0) is 42.5 Å². The maximum Gasteiger partial charge on any atom is 0.415 e. The molecule has 4 amide bonds. The molecule has 0 aliphatic carbocycles. The first-order valence-electron chi connectivity index (χ1n) is 23.3. The molecular weight excluding hydrogens is 937 g/mol. The van der Waals surface area contributed by atoms with Crippen molar-refractivity contribution in [3.05, 3.63) is 127 Å². The maximum atomic E-state index is 13.5. The van der Waals surface area contributed by atoms with Crippen LogP contribution in [0.3, 0.4) is 0 Å². The Morgan fingerprint density at radius 1 is 0.575 bits per heavy atom. The first kappa shape index (κ1) is 52.4. The summed E-state index contributed by atoms with van der Waals surface area (Å²) in [4.78, 5) is 72.8. The third-order valence-electron chi connectivity index (χ3n) is 13.5. The number of phenols is 4. The standard InChI is InChI=1S/C56H60N4O13/c1-31-25-41(61)33(3)47(49(31)65)54(5,6)29-45(63)57(9)21-23-59(11)52(68)70-35-17-19-39-43(27-35)72-44-28-36(18-20-40(44)56(39)38-16-14-13-15-37(38)51(67)73-56)71-53(69)60(12)24-22-58(10)46(64)30-55(7,8)48-34(4)42(62)26-32(2)50(48)66/h13-20,25-28,61-62,65-66H,1-4,21-24,29-30H2,5-12H3. The van der Waals surface area contributed by atoms with E-state index in [0.717, 1.165) is 0 Å². The van der Waals surface area contributed by atoms with Crippen molar-refractivity contribution in [2.24, 2.45) is 0 Å². The van der Waals surface area contributed by atoms with Crippen LogP contribution in [0.2, 0.25) is 0 Å². The van der Waals surface area contributed by atoms with E-state index in [-0.39, 0.29) is 118 Å². The van der Waals surface area contributed by atoms with Crippen LogP contribution in [0.25, 0.3) is 26.3 Å². The Morgan fingerprint density at radius 3 is 1.40 bits per heavy atom. The van der Waals surface area contributed by atoms with Gasteiger partial charge in [-0.25, -0.2) is 14.4 Å². The van der Waals surface area contributed by atoms with Gasteiger partial charge in [-0.15, -0.1) is 0 Å². The SMILES string of the molecule is C=c1cc(O)c(=C)c(C(C)(C)CC(=O)N(C)CCN(C)C(=O)Oc2ccc3c(c2)Oc2cc(OC(=O)N(C)CCN(C)C(=O)CC(C)(C)c4c(O)c(=C)cc(O)c4=C)ccc2C32OC(=O)c3ccccc32)c1O. The lowest BCUT2D eigenvalue weighted by atomic mass is 9.77. The summed E-state index contributed by atoms with van der Waals surface area (Å²) in [6.45, 7) is 22.7. The molecule has 0 atom stereocenters. The molecular formula is C56H60N4O13. The van der Waals surface area contributed by atoms with E-state index in [9.17, 15) is 44.4 Å². The van der Waals surface area contributed by atoms with E-state index >= 15 is 0 Å². The minimum Gasteiger partial charge on any atom is -0.507 e. The second-order valence-corrected chi connectivity index (χ2v) is 19.9. The lowest BCUT2D eigenvalue weighted by molar-refractivity contribution is -0.132. The molecule has 0 saturated heterocycles. The number of rotatable bonds is 14. The average molecular weight is 997 g/mol. The highest BCUT2D eigenvalue weighted by Crippen LogP contribution is 2.57. The van der Waals surface area contributed by atoms with E-state index in [4.69, 9.17) is 18.9 Å². The average Bonchev–Trinajstić information content (AvgIpc) is 3.61. The minimum absolute atomic E-state index is 0.0485. The molecule has 0 saturated carbocycles. The van der Waals surface area contributed by atoms with Crippen LogP contribution in [0.5, 0.6) is 46.0 Å². The molecule has 0 unspecified atom stereocenters. The highest BCUT2D eigenvalue weighted by molar-refractivity contribution is 5.97. The monoisotopic (exact) mass is 996 g/mol. The molecule has 1 spiro atoms. The van der Waals surface area contributed by atoms with Crippen LogP contribution in [-0.4, -0.2) is 124 Å². The van der Waals surface area contributed by atoms with Gasteiger partial charge < -0.3 is 59.0 Å². The predicted molar refractivity (Wildman–Crippen MR) is 273 cm³/mol. The fourth-order valence-corrected chi connectivity index (χ4v) is 9.32. The van der Waals surface area contributed by atoms with Crippen LogP contribution in [0.1, 0.15) is 78.7 Å². The number of esters is 1. The van der Waals surface area contributed by atoms with Crippen molar-refractivity contribution in [1.82, 2.24) is 19.6 Å². The predicted octanol–water partition coefficient (Wildman–Crippen LogP) is 5.23. The van der Waals surface area contributed by atoms with E-state index in [1.54, 1.807) is 90.3 Å². The van der Waals surface area contributed by atoms with Crippen LogP contribution in [0.15, 0.2) is 72.8 Å².